The van der Waals surface area contributed by atoms with Gasteiger partial charge in [-0.25, -0.2) is 0 Å². The zero-order valence-electron chi connectivity index (χ0n) is 13.6. The number of benzene rings is 1. The van der Waals surface area contributed by atoms with E-state index >= 15 is 0 Å². The first-order valence-corrected chi connectivity index (χ1v) is 7.87. The van der Waals surface area contributed by atoms with Crippen LogP contribution in [0.2, 0.25) is 0 Å². The van der Waals surface area contributed by atoms with Crippen LogP contribution in [0.15, 0.2) is 65.6 Å². The molecule has 0 aliphatic carbocycles. The Bertz CT molecular complexity index is 873. The van der Waals surface area contributed by atoms with E-state index < -0.39 is 23.3 Å². The van der Waals surface area contributed by atoms with E-state index in [-0.39, 0.29) is 6.54 Å². The molecule has 0 fully saturated rings. The highest BCUT2D eigenvalue weighted by Gasteiger charge is 2.36. The van der Waals surface area contributed by atoms with E-state index in [0.717, 1.165) is 29.0 Å². The van der Waals surface area contributed by atoms with Gasteiger partial charge in [-0.1, -0.05) is 24.3 Å². The molecular formula is C19H15F3N2O2. The van der Waals surface area contributed by atoms with Crippen LogP contribution in [-0.2, 0) is 12.6 Å². The minimum atomic E-state index is -4.67. The molecule has 7 heteroatoms. The van der Waals surface area contributed by atoms with Crippen molar-refractivity contribution < 1.29 is 22.4 Å². The first-order valence-electron chi connectivity index (χ1n) is 7.87. The number of carbonyl (C=O) groups is 1. The van der Waals surface area contributed by atoms with Crippen molar-refractivity contribution in [3.05, 3.63) is 78.0 Å². The molecule has 0 spiro atoms. The van der Waals surface area contributed by atoms with Crippen molar-refractivity contribution in [2.45, 2.75) is 12.6 Å². The van der Waals surface area contributed by atoms with E-state index in [1.54, 1.807) is 12.5 Å². The van der Waals surface area contributed by atoms with Crippen LogP contribution < -0.4 is 5.32 Å². The molecule has 2 heterocycles. The fourth-order valence-electron chi connectivity index (χ4n) is 2.52. The molecule has 0 atom stereocenters. The number of rotatable bonds is 5. The third kappa shape index (κ3) is 4.11. The molecular weight excluding hydrogens is 345 g/mol. The Morgan fingerprint density at radius 3 is 2.50 bits per heavy atom. The van der Waals surface area contributed by atoms with E-state index in [1.165, 1.54) is 6.07 Å². The molecule has 0 aliphatic heterocycles. The number of aromatic nitrogens is 1. The molecule has 0 saturated carbocycles. The molecule has 26 heavy (non-hydrogen) atoms. The fourth-order valence-corrected chi connectivity index (χ4v) is 2.52. The molecule has 0 bridgehead atoms. The van der Waals surface area contributed by atoms with Crippen molar-refractivity contribution in [1.29, 1.82) is 0 Å². The quantitative estimate of drug-likeness (QED) is 0.737. The molecule has 1 aromatic carbocycles. The lowest BCUT2D eigenvalue weighted by molar-refractivity contribution is -0.141. The second kappa shape index (κ2) is 7.43. The van der Waals surface area contributed by atoms with Gasteiger partial charge in [0.15, 0.2) is 5.69 Å². The molecule has 0 radical (unpaired) electrons. The van der Waals surface area contributed by atoms with Crippen LogP contribution in [0, 0.1) is 0 Å². The molecule has 0 saturated heterocycles. The van der Waals surface area contributed by atoms with E-state index in [9.17, 15) is 18.0 Å². The zero-order chi connectivity index (χ0) is 18.6. The number of nitrogens with one attached hydrogen (secondary N) is 1. The van der Waals surface area contributed by atoms with Gasteiger partial charge in [-0.05, 0) is 35.7 Å². The van der Waals surface area contributed by atoms with Crippen LogP contribution in [0.5, 0.6) is 0 Å². The minimum absolute atomic E-state index is 0.218. The molecule has 3 rings (SSSR count). The molecule has 0 unspecified atom stereocenters. The number of hydrogen-bond donors (Lipinski definition) is 1. The van der Waals surface area contributed by atoms with Crippen LogP contribution in [0.25, 0.3) is 11.1 Å². The largest absolute Gasteiger partial charge is 0.472 e. The van der Waals surface area contributed by atoms with Gasteiger partial charge in [0.2, 0.25) is 0 Å². The summed E-state index contributed by atoms with van der Waals surface area (Å²) in [5.41, 5.74) is 1.26. The second-order valence-corrected chi connectivity index (χ2v) is 5.61. The summed E-state index contributed by atoms with van der Waals surface area (Å²) in [6.07, 6.45) is 0.0742. The number of furan rings is 1. The summed E-state index contributed by atoms with van der Waals surface area (Å²) in [5.74, 6) is -0.791. The van der Waals surface area contributed by atoms with E-state index in [1.807, 2.05) is 30.3 Å². The normalized spacial score (nSPS) is 11.3. The maximum absolute atomic E-state index is 12.9. The average Bonchev–Trinajstić information content (AvgIpc) is 3.16. The molecule has 4 nitrogen and oxygen atoms in total. The number of carbonyl (C=O) groups excluding carboxylic acids is 1. The molecule has 1 N–H and O–H groups in total. The SMILES string of the molecule is O=C(NCCc1ccc(-c2ccoc2)cc1)c1cccnc1C(F)(F)F. The molecule has 3 aromatic rings. The Morgan fingerprint density at radius 1 is 1.08 bits per heavy atom. The Labute approximate surface area is 147 Å². The number of nitrogens with zero attached hydrogens (tertiary/aromatic N) is 1. The van der Waals surface area contributed by atoms with Crippen LogP contribution in [0.4, 0.5) is 13.2 Å². The van der Waals surface area contributed by atoms with Crippen molar-refractivity contribution in [3.63, 3.8) is 0 Å². The van der Waals surface area contributed by atoms with Gasteiger partial charge < -0.3 is 9.73 Å². The smallest absolute Gasteiger partial charge is 0.434 e. The summed E-state index contributed by atoms with van der Waals surface area (Å²) in [7, 11) is 0. The van der Waals surface area contributed by atoms with Gasteiger partial charge in [0.1, 0.15) is 0 Å². The first kappa shape index (κ1) is 17.7. The van der Waals surface area contributed by atoms with Crippen molar-refractivity contribution in [1.82, 2.24) is 10.3 Å². The van der Waals surface area contributed by atoms with Gasteiger partial charge in [-0.3, -0.25) is 9.78 Å². The van der Waals surface area contributed by atoms with Gasteiger partial charge >= 0.3 is 6.18 Å². The second-order valence-electron chi connectivity index (χ2n) is 5.61. The highest BCUT2D eigenvalue weighted by atomic mass is 19.4. The van der Waals surface area contributed by atoms with Crippen molar-refractivity contribution in [2.75, 3.05) is 6.54 Å². The maximum Gasteiger partial charge on any atom is 0.434 e. The third-order valence-corrected chi connectivity index (χ3v) is 3.83. The van der Waals surface area contributed by atoms with E-state index in [0.29, 0.717) is 6.42 Å². The highest BCUT2D eigenvalue weighted by Crippen LogP contribution is 2.29. The fraction of sp³-hybridized carbons (Fsp3) is 0.158. The van der Waals surface area contributed by atoms with Crippen LogP contribution in [0.3, 0.4) is 0 Å². The summed E-state index contributed by atoms with van der Waals surface area (Å²) in [6.45, 7) is 0.218. The lowest BCUT2D eigenvalue weighted by Gasteiger charge is -2.11. The monoisotopic (exact) mass is 360 g/mol. The predicted octanol–water partition coefficient (Wildman–Crippen LogP) is 4.33. The van der Waals surface area contributed by atoms with Crippen molar-refractivity contribution >= 4 is 5.91 Å². The molecule has 134 valence electrons. The van der Waals surface area contributed by atoms with Crippen LogP contribution in [-0.4, -0.2) is 17.4 Å². The number of pyridine rings is 1. The van der Waals surface area contributed by atoms with E-state index in [4.69, 9.17) is 4.42 Å². The van der Waals surface area contributed by atoms with Gasteiger partial charge in [-0.15, -0.1) is 0 Å². The van der Waals surface area contributed by atoms with Crippen molar-refractivity contribution in [3.8, 4) is 11.1 Å². The van der Waals surface area contributed by atoms with Crippen molar-refractivity contribution in [2.24, 2.45) is 0 Å². The average molecular weight is 360 g/mol. The zero-order valence-corrected chi connectivity index (χ0v) is 13.6. The predicted molar refractivity (Wildman–Crippen MR) is 89.4 cm³/mol. The lowest BCUT2D eigenvalue weighted by atomic mass is 10.1. The maximum atomic E-state index is 12.9. The lowest BCUT2D eigenvalue weighted by Crippen LogP contribution is -2.28. The topological polar surface area (TPSA) is 55.1 Å². The van der Waals surface area contributed by atoms with Gasteiger partial charge in [-0.2, -0.15) is 13.2 Å². The van der Waals surface area contributed by atoms with Crippen LogP contribution in [0.1, 0.15) is 21.6 Å². The van der Waals surface area contributed by atoms with Crippen LogP contribution >= 0.6 is 0 Å². The summed E-state index contributed by atoms with van der Waals surface area (Å²) in [6, 6.07) is 11.9. The Balaban J connectivity index is 1.59. The summed E-state index contributed by atoms with van der Waals surface area (Å²) in [4.78, 5) is 15.3. The number of halogens is 3. The third-order valence-electron chi connectivity index (χ3n) is 3.83. The standard InChI is InChI=1S/C19H15F3N2O2/c20-19(21,22)17-16(2-1-9-23-17)18(25)24-10-7-13-3-5-14(6-4-13)15-8-11-26-12-15/h1-6,8-9,11-12H,7,10H2,(H,24,25). The first-order chi connectivity index (χ1) is 12.4. The summed E-state index contributed by atoms with van der Waals surface area (Å²) < 4.78 is 43.7. The number of alkyl halides is 3. The Hall–Kier alpha value is -3.09. The highest BCUT2D eigenvalue weighted by molar-refractivity contribution is 5.95. The Morgan fingerprint density at radius 2 is 1.85 bits per heavy atom. The van der Waals surface area contributed by atoms with Gasteiger partial charge in [0.25, 0.3) is 5.91 Å². The van der Waals surface area contributed by atoms with E-state index in [2.05, 4.69) is 10.3 Å². The number of amides is 1. The summed E-state index contributed by atoms with van der Waals surface area (Å²) in [5, 5.41) is 2.51. The van der Waals surface area contributed by atoms with Gasteiger partial charge in [0, 0.05) is 18.3 Å². The molecule has 1 amide bonds. The molecule has 0 aliphatic rings. The minimum Gasteiger partial charge on any atom is -0.472 e. The molecule has 2 aromatic heterocycles. The Kier molecular flexibility index (Phi) is 5.06. The van der Waals surface area contributed by atoms with Gasteiger partial charge in [0.05, 0.1) is 18.1 Å². The number of hydrogen-bond acceptors (Lipinski definition) is 3. The summed E-state index contributed by atoms with van der Waals surface area (Å²) >= 11 is 0.